The van der Waals surface area contributed by atoms with Crippen LogP contribution in [0.25, 0.3) is 0 Å². The molecule has 1 rings (SSSR count). The van der Waals surface area contributed by atoms with Crippen LogP contribution in [0.1, 0.15) is 5.56 Å². The monoisotopic (exact) mass is 186 g/mol. The predicted molar refractivity (Wildman–Crippen MR) is 48.3 cm³/mol. The first-order chi connectivity index (χ1) is 5.74. The lowest BCUT2D eigenvalue weighted by Gasteiger charge is -2.04. The fourth-order valence-electron chi connectivity index (χ4n) is 0.913. The lowest BCUT2D eigenvalue weighted by molar-refractivity contribution is 0.563. The van der Waals surface area contributed by atoms with Crippen LogP contribution in [0.4, 0.5) is 5.82 Å². The van der Waals surface area contributed by atoms with E-state index in [-0.39, 0.29) is 5.75 Å². The molecule has 2 N–H and O–H groups in total. The Kier molecular flexibility index (Phi) is 3.19. The summed E-state index contributed by atoms with van der Waals surface area (Å²) >= 11 is -1.81. The summed E-state index contributed by atoms with van der Waals surface area (Å²) in [6.07, 6.45) is 1.63. The molecule has 66 valence electrons. The Balaban J connectivity index is 2.89. The van der Waals surface area contributed by atoms with Crippen LogP contribution in [0.15, 0.2) is 18.3 Å². The quantitative estimate of drug-likeness (QED) is 0.687. The van der Waals surface area contributed by atoms with Gasteiger partial charge in [0.2, 0.25) is 0 Å². The predicted octanol–water partition coefficient (Wildman–Crippen LogP) is 0.845. The largest absolute Gasteiger partial charge is 0.373 e. The first-order valence-corrected chi connectivity index (χ1v) is 4.70. The molecule has 5 heteroatoms. The standard InChI is InChI=1S/C7H10N2O2S/c1-8-7-6(5-12(10)11)3-2-4-9-7/h2-4H,5H2,1H3,(H,8,9)(H,10,11). The number of hydrogen-bond donors (Lipinski definition) is 2. The van der Waals surface area contributed by atoms with Gasteiger partial charge in [0.1, 0.15) is 5.82 Å². The third-order valence-electron chi connectivity index (χ3n) is 1.41. The molecule has 0 saturated heterocycles. The van der Waals surface area contributed by atoms with Gasteiger partial charge in [0.25, 0.3) is 0 Å². The summed E-state index contributed by atoms with van der Waals surface area (Å²) in [5.74, 6) is 0.768. The maximum Gasteiger partial charge on any atom is 0.157 e. The third-order valence-corrected chi connectivity index (χ3v) is 1.97. The average molecular weight is 186 g/mol. The zero-order chi connectivity index (χ0) is 8.97. The van der Waals surface area contributed by atoms with Gasteiger partial charge in [0, 0.05) is 18.8 Å². The molecule has 1 aromatic heterocycles. The van der Waals surface area contributed by atoms with Crippen LogP contribution < -0.4 is 5.32 Å². The summed E-state index contributed by atoms with van der Waals surface area (Å²) < 4.78 is 19.1. The highest BCUT2D eigenvalue weighted by Gasteiger charge is 2.03. The lowest BCUT2D eigenvalue weighted by Crippen LogP contribution is -2.00. The molecular formula is C7H10N2O2S. The Morgan fingerprint density at radius 2 is 2.50 bits per heavy atom. The molecule has 4 nitrogen and oxygen atoms in total. The molecule has 1 unspecified atom stereocenters. The van der Waals surface area contributed by atoms with Crippen molar-refractivity contribution in [2.45, 2.75) is 5.75 Å². The van der Waals surface area contributed by atoms with Crippen LogP contribution in [-0.4, -0.2) is 20.8 Å². The molecule has 0 aliphatic rings. The normalized spacial score (nSPS) is 12.5. The van der Waals surface area contributed by atoms with E-state index in [1.165, 1.54) is 0 Å². The van der Waals surface area contributed by atoms with Crippen molar-refractivity contribution in [3.63, 3.8) is 0 Å². The van der Waals surface area contributed by atoms with Crippen molar-refractivity contribution in [1.82, 2.24) is 4.98 Å². The lowest BCUT2D eigenvalue weighted by atomic mass is 10.3. The van der Waals surface area contributed by atoms with Crippen LogP contribution in [-0.2, 0) is 16.8 Å². The molecule has 0 aliphatic carbocycles. The average Bonchev–Trinajstić information content (AvgIpc) is 2.04. The van der Waals surface area contributed by atoms with Crippen molar-refractivity contribution in [2.75, 3.05) is 12.4 Å². The highest BCUT2D eigenvalue weighted by atomic mass is 32.2. The second-order valence-corrected chi connectivity index (χ2v) is 3.16. The number of nitrogens with zero attached hydrogens (tertiary/aromatic N) is 1. The van der Waals surface area contributed by atoms with Gasteiger partial charge in [0.05, 0.1) is 5.75 Å². The number of aromatic nitrogens is 1. The highest BCUT2D eigenvalue weighted by molar-refractivity contribution is 7.78. The van der Waals surface area contributed by atoms with Gasteiger partial charge in [-0.2, -0.15) is 0 Å². The molecule has 0 aliphatic heterocycles. The molecule has 0 saturated carbocycles. The Bertz CT molecular complexity index is 290. The third kappa shape index (κ3) is 2.28. The minimum absolute atomic E-state index is 0.115. The molecule has 12 heavy (non-hydrogen) atoms. The van der Waals surface area contributed by atoms with Gasteiger partial charge in [-0.25, -0.2) is 9.19 Å². The second kappa shape index (κ2) is 4.18. The van der Waals surface area contributed by atoms with Gasteiger partial charge in [-0.05, 0) is 6.07 Å². The topological polar surface area (TPSA) is 62.2 Å². The van der Waals surface area contributed by atoms with Crippen molar-refractivity contribution in [3.05, 3.63) is 23.9 Å². The fraction of sp³-hybridized carbons (Fsp3) is 0.286. The molecule has 0 aromatic carbocycles. The summed E-state index contributed by atoms with van der Waals surface area (Å²) in [5, 5.41) is 2.84. The van der Waals surface area contributed by atoms with E-state index in [1.54, 1.807) is 25.4 Å². The van der Waals surface area contributed by atoms with E-state index >= 15 is 0 Å². The Morgan fingerprint density at radius 3 is 3.08 bits per heavy atom. The Labute approximate surface area is 73.3 Å². The fourth-order valence-corrected chi connectivity index (χ4v) is 1.41. The summed E-state index contributed by atoms with van der Waals surface area (Å²) in [5.41, 5.74) is 0.751. The van der Waals surface area contributed by atoms with Gasteiger partial charge in [-0.3, -0.25) is 0 Å². The zero-order valence-electron chi connectivity index (χ0n) is 6.65. The smallest absolute Gasteiger partial charge is 0.157 e. The van der Waals surface area contributed by atoms with Crippen LogP contribution in [0.5, 0.6) is 0 Å². The van der Waals surface area contributed by atoms with E-state index in [1.807, 2.05) is 0 Å². The molecule has 1 atom stereocenters. The zero-order valence-corrected chi connectivity index (χ0v) is 7.47. The minimum Gasteiger partial charge on any atom is -0.373 e. The van der Waals surface area contributed by atoms with E-state index in [4.69, 9.17) is 4.55 Å². The number of pyridine rings is 1. The highest BCUT2D eigenvalue weighted by Crippen LogP contribution is 2.11. The summed E-state index contributed by atoms with van der Waals surface area (Å²) in [7, 11) is 1.73. The molecule has 1 aromatic rings. The summed E-state index contributed by atoms with van der Waals surface area (Å²) in [4.78, 5) is 3.99. The SMILES string of the molecule is CNc1ncccc1CS(=O)O. The summed E-state index contributed by atoms with van der Waals surface area (Å²) in [6, 6.07) is 3.51. The molecular weight excluding hydrogens is 176 g/mol. The van der Waals surface area contributed by atoms with E-state index in [0.29, 0.717) is 5.82 Å². The van der Waals surface area contributed by atoms with E-state index in [2.05, 4.69) is 10.3 Å². The van der Waals surface area contributed by atoms with Crippen LogP contribution in [0.3, 0.4) is 0 Å². The molecule has 0 radical (unpaired) electrons. The first kappa shape index (κ1) is 9.15. The van der Waals surface area contributed by atoms with Gasteiger partial charge in [0.15, 0.2) is 11.1 Å². The molecule has 0 amide bonds. The number of rotatable bonds is 3. The van der Waals surface area contributed by atoms with Crippen LogP contribution in [0, 0.1) is 0 Å². The van der Waals surface area contributed by atoms with Gasteiger partial charge < -0.3 is 9.87 Å². The maximum absolute atomic E-state index is 10.5. The Morgan fingerprint density at radius 1 is 1.75 bits per heavy atom. The van der Waals surface area contributed by atoms with Crippen molar-refractivity contribution in [2.24, 2.45) is 0 Å². The van der Waals surface area contributed by atoms with Crippen molar-refractivity contribution < 1.29 is 8.76 Å². The maximum atomic E-state index is 10.5. The van der Waals surface area contributed by atoms with Crippen molar-refractivity contribution in [3.8, 4) is 0 Å². The second-order valence-electron chi connectivity index (χ2n) is 2.23. The molecule has 0 bridgehead atoms. The number of hydrogen-bond acceptors (Lipinski definition) is 3. The molecule has 1 heterocycles. The van der Waals surface area contributed by atoms with Gasteiger partial charge >= 0.3 is 0 Å². The Hall–Kier alpha value is -0.940. The molecule has 0 spiro atoms. The van der Waals surface area contributed by atoms with E-state index in [0.717, 1.165) is 5.56 Å². The van der Waals surface area contributed by atoms with Gasteiger partial charge in [-0.15, -0.1) is 0 Å². The van der Waals surface area contributed by atoms with Crippen LogP contribution in [0.2, 0.25) is 0 Å². The van der Waals surface area contributed by atoms with Crippen molar-refractivity contribution in [1.29, 1.82) is 0 Å². The van der Waals surface area contributed by atoms with Gasteiger partial charge in [-0.1, -0.05) is 6.07 Å². The van der Waals surface area contributed by atoms with E-state index < -0.39 is 11.1 Å². The van der Waals surface area contributed by atoms with Crippen LogP contribution >= 0.6 is 0 Å². The molecule has 0 fully saturated rings. The number of nitrogens with one attached hydrogen (secondary N) is 1. The van der Waals surface area contributed by atoms with Crippen molar-refractivity contribution >= 4 is 16.9 Å². The number of anilines is 1. The first-order valence-electron chi connectivity index (χ1n) is 3.43. The summed E-state index contributed by atoms with van der Waals surface area (Å²) in [6.45, 7) is 0. The minimum atomic E-state index is -1.81. The van der Waals surface area contributed by atoms with E-state index in [9.17, 15) is 4.21 Å².